The van der Waals surface area contributed by atoms with Gasteiger partial charge in [-0.3, -0.25) is 0 Å². The van der Waals surface area contributed by atoms with E-state index in [4.69, 9.17) is 10.8 Å². The molecule has 4 nitrogen and oxygen atoms in total. The Morgan fingerprint density at radius 2 is 2.11 bits per heavy atom. The van der Waals surface area contributed by atoms with Crippen molar-refractivity contribution in [3.8, 4) is 10.6 Å². The highest BCUT2D eigenvalue weighted by Gasteiger charge is 2.22. The van der Waals surface area contributed by atoms with E-state index >= 15 is 0 Å². The predicted molar refractivity (Wildman–Crippen MR) is 71.6 cm³/mol. The smallest absolute Gasteiger partial charge is 0.357 e. The summed E-state index contributed by atoms with van der Waals surface area (Å²) in [6.07, 6.45) is 0. The number of nitrogen functional groups attached to an aromatic ring is 1. The van der Waals surface area contributed by atoms with Crippen molar-refractivity contribution in [3.05, 3.63) is 33.0 Å². The molecule has 0 aliphatic heterocycles. The van der Waals surface area contributed by atoms with Crippen LogP contribution in [0.3, 0.4) is 0 Å². The second-order valence-electron chi connectivity index (χ2n) is 3.26. The lowest BCUT2D eigenvalue weighted by Gasteiger charge is -2.02. The second kappa shape index (κ2) is 4.76. The van der Waals surface area contributed by atoms with Gasteiger partial charge in [0.25, 0.3) is 0 Å². The monoisotopic (exact) mass is 382 g/mol. The minimum absolute atomic E-state index is 0.0848. The van der Waals surface area contributed by atoms with E-state index in [0.717, 1.165) is 17.4 Å². The Kier molecular flexibility index (Phi) is 3.48. The van der Waals surface area contributed by atoms with E-state index in [2.05, 4.69) is 4.98 Å². The summed E-state index contributed by atoms with van der Waals surface area (Å²) in [5.41, 5.74) is 4.70. The normalized spacial score (nSPS) is 10.6. The molecule has 0 aliphatic carbocycles. The third-order valence-electron chi connectivity index (χ3n) is 2.11. The molecule has 0 amide bonds. The number of halogens is 3. The molecule has 0 saturated carbocycles. The molecule has 0 radical (unpaired) electrons. The Morgan fingerprint density at radius 1 is 1.44 bits per heavy atom. The van der Waals surface area contributed by atoms with Gasteiger partial charge in [-0.25, -0.2) is 18.6 Å². The fourth-order valence-electron chi connectivity index (χ4n) is 1.32. The quantitative estimate of drug-likeness (QED) is 0.619. The molecule has 1 aromatic carbocycles. The minimum Gasteiger partial charge on any atom is -0.476 e. The second-order valence-corrected chi connectivity index (χ2v) is 5.45. The van der Waals surface area contributed by atoms with Crippen LogP contribution in [0.25, 0.3) is 10.6 Å². The largest absolute Gasteiger partial charge is 0.476 e. The number of hydrogen-bond acceptors (Lipinski definition) is 4. The Bertz CT molecular complexity index is 645. The lowest BCUT2D eigenvalue weighted by molar-refractivity contribution is 0.0692. The summed E-state index contributed by atoms with van der Waals surface area (Å²) in [6.45, 7) is 0. The van der Waals surface area contributed by atoms with Gasteiger partial charge >= 0.3 is 5.97 Å². The first-order valence-electron chi connectivity index (χ1n) is 4.55. The third-order valence-corrected chi connectivity index (χ3v) is 3.85. The number of thiazole rings is 1. The van der Waals surface area contributed by atoms with Crippen LogP contribution in [0.15, 0.2) is 12.1 Å². The van der Waals surface area contributed by atoms with Crippen molar-refractivity contribution in [2.45, 2.75) is 0 Å². The molecule has 0 aliphatic rings. The Balaban J connectivity index is 2.66. The molecule has 18 heavy (non-hydrogen) atoms. The maximum atomic E-state index is 13.8. The van der Waals surface area contributed by atoms with Gasteiger partial charge in [-0.1, -0.05) is 11.3 Å². The van der Waals surface area contributed by atoms with E-state index < -0.39 is 23.3 Å². The van der Waals surface area contributed by atoms with Gasteiger partial charge < -0.3 is 10.8 Å². The van der Waals surface area contributed by atoms with Gasteiger partial charge in [0.2, 0.25) is 0 Å². The summed E-state index contributed by atoms with van der Waals surface area (Å²) < 4.78 is 27.6. The summed E-state index contributed by atoms with van der Waals surface area (Å²) in [4.78, 5) is 14.4. The van der Waals surface area contributed by atoms with Gasteiger partial charge in [0, 0.05) is 3.57 Å². The molecular formula is C10H5F2IN2O2S. The molecule has 1 aromatic heterocycles. The van der Waals surface area contributed by atoms with E-state index in [1.165, 1.54) is 6.07 Å². The topological polar surface area (TPSA) is 76.2 Å². The Morgan fingerprint density at radius 3 is 2.67 bits per heavy atom. The molecule has 0 spiro atoms. The molecule has 0 atom stereocenters. The van der Waals surface area contributed by atoms with Crippen molar-refractivity contribution < 1.29 is 18.7 Å². The van der Waals surface area contributed by atoms with Crippen LogP contribution in [0.5, 0.6) is 0 Å². The molecule has 0 fully saturated rings. The van der Waals surface area contributed by atoms with Crippen LogP contribution >= 0.6 is 33.9 Å². The third kappa shape index (κ3) is 2.17. The van der Waals surface area contributed by atoms with Gasteiger partial charge in [-0.15, -0.1) is 0 Å². The van der Waals surface area contributed by atoms with Crippen LogP contribution in [0.1, 0.15) is 10.5 Å². The summed E-state index contributed by atoms with van der Waals surface area (Å²) >= 11 is 2.45. The first-order chi connectivity index (χ1) is 8.41. The van der Waals surface area contributed by atoms with Crippen LogP contribution in [-0.2, 0) is 0 Å². The standard InChI is InChI=1S/C10H5F2IN2O2S/c11-3-1-2-4(13)6(12)5(3)9-15-7(10(16)17)8(14)18-9/h1-2H,14H2,(H,16,17). The van der Waals surface area contributed by atoms with E-state index in [1.54, 1.807) is 22.6 Å². The van der Waals surface area contributed by atoms with E-state index in [0.29, 0.717) is 0 Å². The molecular weight excluding hydrogens is 377 g/mol. The number of carboxylic acids is 1. The Labute approximate surface area is 118 Å². The van der Waals surface area contributed by atoms with Gasteiger partial charge in [0.15, 0.2) is 5.69 Å². The number of aromatic carboxylic acids is 1. The van der Waals surface area contributed by atoms with Crippen LogP contribution in [-0.4, -0.2) is 16.1 Å². The maximum absolute atomic E-state index is 13.8. The molecule has 3 N–H and O–H groups in total. The zero-order valence-electron chi connectivity index (χ0n) is 8.58. The van der Waals surface area contributed by atoms with Crippen molar-refractivity contribution in [2.75, 3.05) is 5.73 Å². The summed E-state index contributed by atoms with van der Waals surface area (Å²) in [7, 11) is 0. The fourth-order valence-corrected chi connectivity index (χ4v) is 2.63. The van der Waals surface area contributed by atoms with E-state index in [9.17, 15) is 13.6 Å². The minimum atomic E-state index is -1.33. The highest BCUT2D eigenvalue weighted by molar-refractivity contribution is 14.1. The van der Waals surface area contributed by atoms with Crippen LogP contribution in [0.4, 0.5) is 13.8 Å². The fraction of sp³-hybridized carbons (Fsp3) is 0. The SMILES string of the molecule is Nc1sc(-c2c(F)ccc(I)c2F)nc1C(=O)O. The number of rotatable bonds is 2. The predicted octanol–water partition coefficient (Wildman–Crippen LogP) is 2.97. The molecule has 0 unspecified atom stereocenters. The van der Waals surface area contributed by atoms with Gasteiger partial charge in [0.05, 0.1) is 5.56 Å². The summed E-state index contributed by atoms with van der Waals surface area (Å²) in [5.74, 6) is -2.92. The Hall–Kier alpha value is -1.29. The highest BCUT2D eigenvalue weighted by atomic mass is 127. The first-order valence-corrected chi connectivity index (χ1v) is 6.44. The number of carbonyl (C=O) groups is 1. The number of anilines is 1. The van der Waals surface area contributed by atoms with Crippen LogP contribution in [0, 0.1) is 15.2 Å². The molecule has 94 valence electrons. The molecule has 0 bridgehead atoms. The lowest BCUT2D eigenvalue weighted by Crippen LogP contribution is -2.00. The first kappa shape index (κ1) is 13.1. The van der Waals surface area contributed by atoms with Crippen molar-refractivity contribution in [1.29, 1.82) is 0 Å². The number of nitrogens with zero attached hydrogens (tertiary/aromatic N) is 1. The zero-order valence-corrected chi connectivity index (χ0v) is 11.6. The van der Waals surface area contributed by atoms with Crippen molar-refractivity contribution in [2.24, 2.45) is 0 Å². The summed E-state index contributed by atoms with van der Waals surface area (Å²) in [6, 6.07) is 2.38. The molecule has 0 saturated heterocycles. The number of benzene rings is 1. The zero-order chi connectivity index (χ0) is 13.4. The van der Waals surface area contributed by atoms with Gasteiger partial charge in [-0.2, -0.15) is 0 Å². The van der Waals surface area contributed by atoms with Crippen LogP contribution < -0.4 is 5.73 Å². The lowest BCUT2D eigenvalue weighted by atomic mass is 10.2. The average molecular weight is 382 g/mol. The summed E-state index contributed by atoms with van der Waals surface area (Å²) in [5, 5.41) is 8.62. The van der Waals surface area contributed by atoms with Crippen LogP contribution in [0.2, 0.25) is 0 Å². The van der Waals surface area contributed by atoms with Crippen molar-refractivity contribution >= 4 is 44.9 Å². The number of nitrogens with two attached hydrogens (primary N) is 1. The van der Waals surface area contributed by atoms with E-state index in [-0.39, 0.29) is 19.1 Å². The number of aromatic nitrogens is 1. The van der Waals surface area contributed by atoms with Crippen molar-refractivity contribution in [3.63, 3.8) is 0 Å². The molecule has 1 heterocycles. The molecule has 8 heteroatoms. The van der Waals surface area contributed by atoms with Gasteiger partial charge in [-0.05, 0) is 34.7 Å². The number of hydrogen-bond donors (Lipinski definition) is 2. The van der Waals surface area contributed by atoms with Gasteiger partial charge in [0.1, 0.15) is 21.6 Å². The van der Waals surface area contributed by atoms with Crippen molar-refractivity contribution in [1.82, 2.24) is 4.98 Å². The van der Waals surface area contributed by atoms with E-state index in [1.807, 2.05) is 0 Å². The molecule has 2 aromatic rings. The highest BCUT2D eigenvalue weighted by Crippen LogP contribution is 2.34. The average Bonchev–Trinajstić information content (AvgIpc) is 2.66. The number of carboxylic acid groups (broad SMARTS) is 1. The molecule has 2 rings (SSSR count). The maximum Gasteiger partial charge on any atom is 0.357 e.